The van der Waals surface area contributed by atoms with Crippen LogP contribution in [0.4, 0.5) is 0 Å². The summed E-state index contributed by atoms with van der Waals surface area (Å²) in [5.74, 6) is -0.469. The van der Waals surface area contributed by atoms with Gasteiger partial charge in [0.25, 0.3) is 5.91 Å². The number of hydrogen-bond acceptors (Lipinski definition) is 6. The minimum atomic E-state index is -0.345. The van der Waals surface area contributed by atoms with Crippen molar-refractivity contribution in [1.82, 2.24) is 14.7 Å². The molecule has 0 atom stereocenters. The number of thiophene rings is 1. The smallest absolute Gasteiger partial charge is 0.307 e. The highest BCUT2D eigenvalue weighted by Crippen LogP contribution is 2.31. The standard InChI is InChI=1S/C20H23N3O4S/c1-14-16-13-17(19(25)22(11-12-26-2)10-9-18(24)27-3)28-20(16)23(21-14)15-7-5-4-6-8-15/h4-8,13H,9-12H2,1-3H3. The molecule has 0 radical (unpaired) electrons. The van der Waals surface area contributed by atoms with Crippen LogP contribution in [0.5, 0.6) is 0 Å². The lowest BCUT2D eigenvalue weighted by molar-refractivity contribution is -0.140. The Balaban J connectivity index is 1.90. The fourth-order valence-corrected chi connectivity index (χ4v) is 4.05. The van der Waals surface area contributed by atoms with Gasteiger partial charge in [-0.25, -0.2) is 4.68 Å². The molecule has 0 aliphatic rings. The van der Waals surface area contributed by atoms with E-state index in [0.29, 0.717) is 18.0 Å². The van der Waals surface area contributed by atoms with Gasteiger partial charge in [-0.2, -0.15) is 5.10 Å². The summed E-state index contributed by atoms with van der Waals surface area (Å²) < 4.78 is 11.7. The number of rotatable bonds is 8. The van der Waals surface area contributed by atoms with Crippen molar-refractivity contribution in [3.63, 3.8) is 0 Å². The molecule has 0 unspecified atom stereocenters. The predicted octanol–water partition coefficient (Wildman–Crippen LogP) is 3.05. The third-order valence-corrected chi connectivity index (χ3v) is 5.52. The molecule has 3 rings (SSSR count). The van der Waals surface area contributed by atoms with Crippen molar-refractivity contribution >= 4 is 33.4 Å². The van der Waals surface area contributed by atoms with E-state index in [1.807, 2.05) is 48.0 Å². The van der Waals surface area contributed by atoms with Gasteiger partial charge >= 0.3 is 5.97 Å². The van der Waals surface area contributed by atoms with Crippen molar-refractivity contribution in [2.24, 2.45) is 0 Å². The maximum Gasteiger partial charge on any atom is 0.307 e. The lowest BCUT2D eigenvalue weighted by atomic mass is 10.2. The van der Waals surface area contributed by atoms with E-state index >= 15 is 0 Å². The monoisotopic (exact) mass is 401 g/mol. The first-order valence-electron chi connectivity index (χ1n) is 8.94. The van der Waals surface area contributed by atoms with Crippen LogP contribution in [0, 0.1) is 6.92 Å². The van der Waals surface area contributed by atoms with E-state index in [1.165, 1.54) is 18.4 Å². The first-order chi connectivity index (χ1) is 13.5. The molecule has 0 aliphatic heterocycles. The molecule has 7 nitrogen and oxygen atoms in total. The molecule has 3 aromatic rings. The van der Waals surface area contributed by atoms with Crippen LogP contribution in [0.2, 0.25) is 0 Å². The van der Waals surface area contributed by atoms with Gasteiger partial charge in [0.1, 0.15) is 4.83 Å². The summed E-state index contributed by atoms with van der Waals surface area (Å²) in [7, 11) is 2.92. The summed E-state index contributed by atoms with van der Waals surface area (Å²) in [6.07, 6.45) is 0.146. The van der Waals surface area contributed by atoms with Gasteiger partial charge in [-0.15, -0.1) is 11.3 Å². The number of carbonyl (C=O) groups excluding carboxylic acids is 2. The fraction of sp³-hybridized carbons (Fsp3) is 0.350. The molecule has 0 saturated heterocycles. The maximum absolute atomic E-state index is 13.1. The second-order valence-electron chi connectivity index (χ2n) is 6.27. The molecule has 0 bridgehead atoms. The second-order valence-corrected chi connectivity index (χ2v) is 7.30. The van der Waals surface area contributed by atoms with E-state index in [-0.39, 0.29) is 24.8 Å². The Kier molecular flexibility index (Phi) is 6.43. The number of esters is 1. The van der Waals surface area contributed by atoms with Crippen LogP contribution >= 0.6 is 11.3 Å². The Morgan fingerprint density at radius 1 is 1.18 bits per heavy atom. The van der Waals surface area contributed by atoms with Crippen LogP contribution in [-0.2, 0) is 14.3 Å². The third kappa shape index (κ3) is 4.23. The fourth-order valence-electron chi connectivity index (χ4n) is 2.90. The quantitative estimate of drug-likeness (QED) is 0.543. The molecule has 0 fully saturated rings. The van der Waals surface area contributed by atoms with E-state index in [0.717, 1.165) is 21.6 Å². The molecule has 28 heavy (non-hydrogen) atoms. The lowest BCUT2D eigenvalue weighted by Gasteiger charge is -2.21. The van der Waals surface area contributed by atoms with Crippen LogP contribution in [0.3, 0.4) is 0 Å². The normalized spacial score (nSPS) is 11.0. The van der Waals surface area contributed by atoms with Gasteiger partial charge < -0.3 is 14.4 Å². The van der Waals surface area contributed by atoms with E-state index in [9.17, 15) is 9.59 Å². The number of hydrogen-bond donors (Lipinski definition) is 0. The summed E-state index contributed by atoms with van der Waals surface area (Å²) >= 11 is 1.40. The van der Waals surface area contributed by atoms with Gasteiger partial charge in [-0.05, 0) is 25.1 Å². The molecule has 0 N–H and O–H groups in total. The van der Waals surface area contributed by atoms with E-state index in [1.54, 1.807) is 12.0 Å². The minimum Gasteiger partial charge on any atom is -0.469 e. The first kappa shape index (κ1) is 20.0. The average molecular weight is 401 g/mol. The summed E-state index contributed by atoms with van der Waals surface area (Å²) in [5.41, 5.74) is 1.82. The third-order valence-electron chi connectivity index (χ3n) is 4.42. The molecular formula is C20H23N3O4S. The highest BCUT2D eigenvalue weighted by atomic mass is 32.1. The number of aromatic nitrogens is 2. The van der Waals surface area contributed by atoms with Crippen molar-refractivity contribution in [2.75, 3.05) is 33.9 Å². The van der Waals surface area contributed by atoms with E-state index < -0.39 is 0 Å². The van der Waals surface area contributed by atoms with E-state index in [2.05, 4.69) is 9.84 Å². The van der Waals surface area contributed by atoms with Gasteiger partial charge in [0.2, 0.25) is 0 Å². The zero-order valence-electron chi connectivity index (χ0n) is 16.2. The number of fused-ring (bicyclic) bond motifs is 1. The van der Waals surface area contributed by atoms with Crippen molar-refractivity contribution < 1.29 is 19.1 Å². The molecule has 1 amide bonds. The number of nitrogens with zero attached hydrogens (tertiary/aromatic N) is 3. The first-order valence-corrected chi connectivity index (χ1v) is 9.76. The average Bonchev–Trinajstić information content (AvgIpc) is 3.28. The number of carbonyl (C=O) groups is 2. The highest BCUT2D eigenvalue weighted by Gasteiger charge is 2.22. The Labute approximate surface area is 167 Å². The van der Waals surface area contributed by atoms with Crippen LogP contribution in [0.25, 0.3) is 15.9 Å². The molecule has 148 valence electrons. The molecular weight excluding hydrogens is 378 g/mol. The Morgan fingerprint density at radius 3 is 2.61 bits per heavy atom. The largest absolute Gasteiger partial charge is 0.469 e. The number of para-hydroxylation sites is 1. The van der Waals surface area contributed by atoms with Crippen molar-refractivity contribution in [1.29, 1.82) is 0 Å². The van der Waals surface area contributed by atoms with Crippen molar-refractivity contribution in [2.45, 2.75) is 13.3 Å². The number of methoxy groups -OCH3 is 2. The minimum absolute atomic E-state index is 0.124. The molecule has 0 spiro atoms. The van der Waals surface area contributed by atoms with Crippen LogP contribution in [0.1, 0.15) is 21.8 Å². The van der Waals surface area contributed by atoms with Gasteiger partial charge in [0.05, 0.1) is 36.4 Å². The zero-order chi connectivity index (χ0) is 20.1. The van der Waals surface area contributed by atoms with Gasteiger partial charge in [-0.1, -0.05) is 18.2 Å². The van der Waals surface area contributed by atoms with Crippen molar-refractivity contribution in [3.8, 4) is 5.69 Å². The van der Waals surface area contributed by atoms with Gasteiger partial charge in [0, 0.05) is 25.6 Å². The summed E-state index contributed by atoms with van der Waals surface area (Å²) in [5, 5.41) is 5.56. The van der Waals surface area contributed by atoms with Gasteiger partial charge in [-0.3, -0.25) is 9.59 Å². The van der Waals surface area contributed by atoms with Gasteiger partial charge in [0.15, 0.2) is 0 Å². The lowest BCUT2D eigenvalue weighted by Crippen LogP contribution is -2.35. The molecule has 1 aromatic carbocycles. The molecule has 2 heterocycles. The SMILES string of the molecule is COCCN(CCC(=O)OC)C(=O)c1cc2c(C)nn(-c3ccccc3)c2s1. The number of ether oxygens (including phenoxy) is 2. The molecule has 0 saturated carbocycles. The molecule has 8 heteroatoms. The summed E-state index contributed by atoms with van der Waals surface area (Å²) in [6, 6.07) is 11.7. The van der Waals surface area contributed by atoms with Crippen LogP contribution in [0.15, 0.2) is 36.4 Å². The highest BCUT2D eigenvalue weighted by molar-refractivity contribution is 7.20. The van der Waals surface area contributed by atoms with Crippen LogP contribution < -0.4 is 0 Å². The summed E-state index contributed by atoms with van der Waals surface area (Å²) in [6.45, 7) is 3.02. The Hall–Kier alpha value is -2.71. The zero-order valence-corrected chi connectivity index (χ0v) is 17.0. The second kappa shape index (κ2) is 8.99. The number of aryl methyl sites for hydroxylation is 1. The Bertz CT molecular complexity index is 965. The summed E-state index contributed by atoms with van der Waals surface area (Å²) in [4.78, 5) is 27.7. The van der Waals surface area contributed by atoms with E-state index in [4.69, 9.17) is 4.74 Å². The van der Waals surface area contributed by atoms with Crippen molar-refractivity contribution in [3.05, 3.63) is 47.0 Å². The Morgan fingerprint density at radius 2 is 1.93 bits per heavy atom. The predicted molar refractivity (Wildman–Crippen MR) is 108 cm³/mol. The maximum atomic E-state index is 13.1. The number of benzene rings is 1. The number of amides is 1. The molecule has 0 aliphatic carbocycles. The topological polar surface area (TPSA) is 73.7 Å². The van der Waals surface area contributed by atoms with Crippen LogP contribution in [-0.4, -0.2) is 60.5 Å². The molecule has 2 aromatic heterocycles.